The second kappa shape index (κ2) is 7.09. The molecule has 2 N–H and O–H groups in total. The third kappa shape index (κ3) is 3.81. The topological polar surface area (TPSA) is 84.0 Å². The van der Waals surface area contributed by atoms with Crippen molar-refractivity contribution >= 4 is 45.8 Å². The minimum Gasteiger partial charge on any atom is -0.325 e. The Morgan fingerprint density at radius 1 is 0.923 bits per heavy atom. The standard InChI is InChI=1S/C19H17ClN4O2/c1-10-11(2)22-18-8-13(4-6-17(18)21-10)19(26)24-14-5-7-16(15(20)9-14)23-12(3)25/h4-9H,1-3H3,(H,23,25)(H,24,26). The molecule has 0 atom stereocenters. The number of benzene rings is 2. The summed E-state index contributed by atoms with van der Waals surface area (Å²) in [6.45, 7) is 5.18. The van der Waals surface area contributed by atoms with Crippen molar-refractivity contribution in [3.63, 3.8) is 0 Å². The summed E-state index contributed by atoms with van der Waals surface area (Å²) in [5, 5.41) is 5.74. The smallest absolute Gasteiger partial charge is 0.255 e. The first-order valence-electron chi connectivity index (χ1n) is 7.97. The van der Waals surface area contributed by atoms with Crippen LogP contribution in [0.15, 0.2) is 36.4 Å². The Labute approximate surface area is 155 Å². The Morgan fingerprint density at radius 2 is 1.62 bits per heavy atom. The van der Waals surface area contributed by atoms with E-state index in [1.807, 2.05) is 13.8 Å². The Morgan fingerprint density at radius 3 is 2.27 bits per heavy atom. The average molecular weight is 369 g/mol. The maximum atomic E-state index is 12.5. The van der Waals surface area contributed by atoms with Gasteiger partial charge in [-0.2, -0.15) is 0 Å². The molecule has 1 aromatic heterocycles. The van der Waals surface area contributed by atoms with Gasteiger partial charge in [-0.25, -0.2) is 9.97 Å². The van der Waals surface area contributed by atoms with Gasteiger partial charge < -0.3 is 10.6 Å². The SMILES string of the molecule is CC(=O)Nc1ccc(NC(=O)c2ccc3nc(C)c(C)nc3c2)cc1Cl. The summed E-state index contributed by atoms with van der Waals surface area (Å²) in [6, 6.07) is 10.1. The van der Waals surface area contributed by atoms with Crippen LogP contribution in [0.4, 0.5) is 11.4 Å². The van der Waals surface area contributed by atoms with Crippen LogP contribution >= 0.6 is 11.6 Å². The molecule has 3 rings (SSSR count). The average Bonchev–Trinajstić information content (AvgIpc) is 2.57. The highest BCUT2D eigenvalue weighted by Crippen LogP contribution is 2.26. The van der Waals surface area contributed by atoms with Crippen LogP contribution in [-0.4, -0.2) is 21.8 Å². The quantitative estimate of drug-likeness (QED) is 0.728. The van der Waals surface area contributed by atoms with Crippen LogP contribution in [0.25, 0.3) is 11.0 Å². The summed E-state index contributed by atoms with van der Waals surface area (Å²) >= 11 is 6.13. The lowest BCUT2D eigenvalue weighted by molar-refractivity contribution is -0.114. The molecule has 0 saturated carbocycles. The molecule has 7 heteroatoms. The third-order valence-electron chi connectivity index (χ3n) is 3.88. The number of nitrogens with zero attached hydrogens (tertiary/aromatic N) is 2. The second-order valence-corrected chi connectivity index (χ2v) is 6.34. The zero-order valence-electron chi connectivity index (χ0n) is 14.6. The van der Waals surface area contributed by atoms with E-state index in [1.54, 1.807) is 36.4 Å². The number of amides is 2. The molecule has 0 bridgehead atoms. The van der Waals surface area contributed by atoms with Crippen molar-refractivity contribution < 1.29 is 9.59 Å². The monoisotopic (exact) mass is 368 g/mol. The van der Waals surface area contributed by atoms with E-state index in [9.17, 15) is 9.59 Å². The Bertz CT molecular complexity index is 1030. The molecule has 2 aromatic carbocycles. The fourth-order valence-corrected chi connectivity index (χ4v) is 2.69. The number of hydrogen-bond acceptors (Lipinski definition) is 4. The molecule has 0 fully saturated rings. The molecule has 132 valence electrons. The number of nitrogens with one attached hydrogen (secondary N) is 2. The van der Waals surface area contributed by atoms with Crippen LogP contribution in [0.1, 0.15) is 28.7 Å². The number of aryl methyl sites for hydroxylation is 2. The molecule has 0 spiro atoms. The molecule has 0 radical (unpaired) electrons. The van der Waals surface area contributed by atoms with E-state index in [-0.39, 0.29) is 11.8 Å². The van der Waals surface area contributed by atoms with Gasteiger partial charge in [-0.15, -0.1) is 0 Å². The number of anilines is 2. The zero-order valence-corrected chi connectivity index (χ0v) is 15.3. The highest BCUT2D eigenvalue weighted by Gasteiger charge is 2.11. The van der Waals surface area contributed by atoms with Gasteiger partial charge in [0, 0.05) is 18.2 Å². The van der Waals surface area contributed by atoms with Gasteiger partial charge >= 0.3 is 0 Å². The normalized spacial score (nSPS) is 10.6. The highest BCUT2D eigenvalue weighted by molar-refractivity contribution is 6.34. The van der Waals surface area contributed by atoms with Crippen LogP contribution in [0.3, 0.4) is 0 Å². The van der Waals surface area contributed by atoms with Gasteiger partial charge in [0.15, 0.2) is 0 Å². The van der Waals surface area contributed by atoms with Gasteiger partial charge in [0.05, 0.1) is 33.1 Å². The lowest BCUT2D eigenvalue weighted by atomic mass is 10.1. The van der Waals surface area contributed by atoms with Gasteiger partial charge in [0.2, 0.25) is 5.91 Å². The number of fused-ring (bicyclic) bond motifs is 1. The number of halogens is 1. The number of aromatic nitrogens is 2. The predicted molar refractivity (Wildman–Crippen MR) is 103 cm³/mol. The molecule has 0 saturated heterocycles. The fourth-order valence-electron chi connectivity index (χ4n) is 2.46. The molecule has 3 aromatic rings. The first-order chi connectivity index (χ1) is 12.3. The molecule has 2 amide bonds. The van der Waals surface area contributed by atoms with E-state index < -0.39 is 0 Å². The van der Waals surface area contributed by atoms with Crippen molar-refractivity contribution in [2.45, 2.75) is 20.8 Å². The zero-order chi connectivity index (χ0) is 18.8. The molecular weight excluding hydrogens is 352 g/mol. The Hall–Kier alpha value is -2.99. The van der Waals surface area contributed by atoms with Crippen LogP contribution in [0.2, 0.25) is 5.02 Å². The maximum Gasteiger partial charge on any atom is 0.255 e. The van der Waals surface area contributed by atoms with Crippen LogP contribution in [-0.2, 0) is 4.79 Å². The number of rotatable bonds is 3. The van der Waals surface area contributed by atoms with Crippen molar-refractivity contribution in [2.24, 2.45) is 0 Å². The van der Waals surface area contributed by atoms with Crippen molar-refractivity contribution in [3.05, 3.63) is 58.4 Å². The summed E-state index contributed by atoms with van der Waals surface area (Å²) in [5.74, 6) is -0.498. The Kier molecular flexibility index (Phi) is 4.86. The summed E-state index contributed by atoms with van der Waals surface area (Å²) in [6.07, 6.45) is 0. The second-order valence-electron chi connectivity index (χ2n) is 5.93. The molecular formula is C19H17ClN4O2. The third-order valence-corrected chi connectivity index (χ3v) is 4.19. The summed E-state index contributed by atoms with van der Waals surface area (Å²) in [4.78, 5) is 32.6. The lowest BCUT2D eigenvalue weighted by Crippen LogP contribution is -2.12. The largest absolute Gasteiger partial charge is 0.325 e. The number of carbonyl (C=O) groups excluding carboxylic acids is 2. The first-order valence-corrected chi connectivity index (χ1v) is 8.35. The summed E-state index contributed by atoms with van der Waals surface area (Å²) in [7, 11) is 0. The molecule has 0 aliphatic carbocycles. The fraction of sp³-hybridized carbons (Fsp3) is 0.158. The van der Waals surface area contributed by atoms with Crippen LogP contribution in [0, 0.1) is 13.8 Å². The van der Waals surface area contributed by atoms with Gasteiger partial charge in [0.1, 0.15) is 0 Å². The number of hydrogen-bond donors (Lipinski definition) is 2. The van der Waals surface area contributed by atoms with Crippen molar-refractivity contribution in [3.8, 4) is 0 Å². The van der Waals surface area contributed by atoms with Crippen molar-refractivity contribution in [1.29, 1.82) is 0 Å². The molecule has 0 aliphatic rings. The van der Waals surface area contributed by atoms with E-state index in [0.717, 1.165) is 16.9 Å². The van der Waals surface area contributed by atoms with Crippen molar-refractivity contribution in [2.75, 3.05) is 10.6 Å². The van der Waals surface area contributed by atoms with Crippen LogP contribution < -0.4 is 10.6 Å². The van der Waals surface area contributed by atoms with E-state index in [2.05, 4.69) is 20.6 Å². The predicted octanol–water partition coefficient (Wildman–Crippen LogP) is 4.11. The van der Waals surface area contributed by atoms with E-state index in [4.69, 9.17) is 11.6 Å². The van der Waals surface area contributed by atoms with Gasteiger partial charge in [0.25, 0.3) is 5.91 Å². The molecule has 6 nitrogen and oxygen atoms in total. The minimum absolute atomic E-state index is 0.216. The maximum absolute atomic E-state index is 12.5. The van der Waals surface area contributed by atoms with Gasteiger partial charge in [-0.3, -0.25) is 9.59 Å². The van der Waals surface area contributed by atoms with Crippen LogP contribution in [0.5, 0.6) is 0 Å². The van der Waals surface area contributed by atoms with Gasteiger partial charge in [-0.05, 0) is 50.2 Å². The Balaban J connectivity index is 1.83. The molecule has 1 heterocycles. The van der Waals surface area contributed by atoms with E-state index in [1.165, 1.54) is 6.92 Å². The molecule has 26 heavy (non-hydrogen) atoms. The van der Waals surface area contributed by atoms with E-state index >= 15 is 0 Å². The highest BCUT2D eigenvalue weighted by atomic mass is 35.5. The summed E-state index contributed by atoms with van der Waals surface area (Å²) < 4.78 is 0. The first kappa shape index (κ1) is 17.8. The molecule has 0 aliphatic heterocycles. The minimum atomic E-state index is -0.282. The van der Waals surface area contributed by atoms with Crippen molar-refractivity contribution in [1.82, 2.24) is 9.97 Å². The lowest BCUT2D eigenvalue weighted by Gasteiger charge is -2.10. The number of carbonyl (C=O) groups is 2. The summed E-state index contributed by atoms with van der Waals surface area (Å²) in [5.41, 5.74) is 4.59. The van der Waals surface area contributed by atoms with E-state index in [0.29, 0.717) is 27.5 Å². The molecule has 0 unspecified atom stereocenters. The van der Waals surface area contributed by atoms with Gasteiger partial charge in [-0.1, -0.05) is 11.6 Å².